The summed E-state index contributed by atoms with van der Waals surface area (Å²) in [6.45, 7) is 10.5. The van der Waals surface area contributed by atoms with Gasteiger partial charge in [-0.15, -0.1) is 24.0 Å². The van der Waals surface area contributed by atoms with E-state index in [-0.39, 0.29) is 24.0 Å². The Hall–Kier alpha value is -0.440. The van der Waals surface area contributed by atoms with Crippen molar-refractivity contribution in [2.45, 2.75) is 38.5 Å². The molecule has 0 saturated carbocycles. The molecule has 5 nitrogen and oxygen atoms in total. The maximum atomic E-state index is 4.83. The number of rotatable bonds is 5. The average Bonchev–Trinajstić information content (AvgIpc) is 3.06. The second-order valence-electron chi connectivity index (χ2n) is 6.03. The van der Waals surface area contributed by atoms with E-state index in [1.54, 1.807) is 0 Å². The van der Waals surface area contributed by atoms with Crippen LogP contribution in [-0.4, -0.2) is 58.1 Å². The summed E-state index contributed by atoms with van der Waals surface area (Å²) < 4.78 is 2.24. The lowest BCUT2D eigenvalue weighted by atomic mass is 9.93. The summed E-state index contributed by atoms with van der Waals surface area (Å²) in [4.78, 5) is 11.4. The van der Waals surface area contributed by atoms with Crippen LogP contribution >= 0.6 is 35.7 Å². The SMILES string of the molecule is CCNC(=NCC(C)SC)N1CCC(C)C(n2ccnc2)C1.I. The summed E-state index contributed by atoms with van der Waals surface area (Å²) >= 11 is 1.86. The molecule has 0 bridgehead atoms. The molecule has 3 atom stereocenters. The van der Waals surface area contributed by atoms with Crippen molar-refractivity contribution in [2.24, 2.45) is 10.9 Å². The van der Waals surface area contributed by atoms with E-state index in [2.05, 4.69) is 53.0 Å². The van der Waals surface area contributed by atoms with Crippen LogP contribution in [0.25, 0.3) is 0 Å². The topological polar surface area (TPSA) is 45.5 Å². The number of piperidine rings is 1. The zero-order chi connectivity index (χ0) is 15.9. The number of guanidine groups is 1. The number of thioether (sulfide) groups is 1. The van der Waals surface area contributed by atoms with Gasteiger partial charge in [0.15, 0.2) is 5.96 Å². The Balaban J connectivity index is 0.00000264. The molecule has 1 aromatic heterocycles. The minimum Gasteiger partial charge on any atom is -0.357 e. The van der Waals surface area contributed by atoms with Crippen LogP contribution in [0.3, 0.4) is 0 Å². The van der Waals surface area contributed by atoms with Gasteiger partial charge in [0.05, 0.1) is 18.9 Å². The van der Waals surface area contributed by atoms with Crippen molar-refractivity contribution in [3.63, 3.8) is 0 Å². The number of hydrogen-bond acceptors (Lipinski definition) is 3. The summed E-state index contributed by atoms with van der Waals surface area (Å²) in [7, 11) is 0. The van der Waals surface area contributed by atoms with Crippen LogP contribution in [-0.2, 0) is 0 Å². The van der Waals surface area contributed by atoms with Crippen molar-refractivity contribution in [1.29, 1.82) is 0 Å². The first-order valence-electron chi connectivity index (χ1n) is 8.19. The van der Waals surface area contributed by atoms with Gasteiger partial charge in [0.2, 0.25) is 0 Å². The fourth-order valence-electron chi connectivity index (χ4n) is 2.81. The summed E-state index contributed by atoms with van der Waals surface area (Å²) in [5.41, 5.74) is 0. The van der Waals surface area contributed by atoms with Gasteiger partial charge in [-0.1, -0.05) is 13.8 Å². The number of aromatic nitrogens is 2. The third kappa shape index (κ3) is 5.85. The third-order valence-corrected chi connectivity index (χ3v) is 5.32. The molecule has 1 aliphatic rings. The Morgan fingerprint density at radius 2 is 2.30 bits per heavy atom. The Bertz CT molecular complexity index is 465. The van der Waals surface area contributed by atoms with E-state index in [1.165, 1.54) is 6.42 Å². The van der Waals surface area contributed by atoms with Gasteiger partial charge in [0.25, 0.3) is 0 Å². The van der Waals surface area contributed by atoms with Crippen molar-refractivity contribution in [3.8, 4) is 0 Å². The van der Waals surface area contributed by atoms with Crippen LogP contribution in [0.4, 0.5) is 0 Å². The first kappa shape index (κ1) is 20.6. The molecule has 7 heteroatoms. The van der Waals surface area contributed by atoms with E-state index in [1.807, 2.05) is 24.3 Å². The van der Waals surface area contributed by atoms with Crippen molar-refractivity contribution < 1.29 is 0 Å². The van der Waals surface area contributed by atoms with Crippen LogP contribution in [0.1, 0.15) is 33.2 Å². The van der Waals surface area contributed by atoms with E-state index in [0.717, 1.165) is 32.1 Å². The van der Waals surface area contributed by atoms with E-state index in [0.29, 0.717) is 17.2 Å². The van der Waals surface area contributed by atoms with E-state index < -0.39 is 0 Å². The number of aliphatic imine (C=N–C) groups is 1. The zero-order valence-electron chi connectivity index (χ0n) is 14.6. The molecule has 1 N–H and O–H groups in total. The molecule has 23 heavy (non-hydrogen) atoms. The van der Waals surface area contributed by atoms with Crippen LogP contribution in [0.15, 0.2) is 23.7 Å². The molecule has 3 unspecified atom stereocenters. The highest BCUT2D eigenvalue weighted by Gasteiger charge is 2.28. The lowest BCUT2D eigenvalue weighted by molar-refractivity contribution is 0.189. The summed E-state index contributed by atoms with van der Waals surface area (Å²) in [6, 6.07) is 0.470. The average molecular weight is 451 g/mol. The van der Waals surface area contributed by atoms with Gasteiger partial charge in [-0.25, -0.2) is 4.98 Å². The molecule has 0 aromatic carbocycles. The minimum atomic E-state index is 0. The van der Waals surface area contributed by atoms with Crippen LogP contribution in [0.5, 0.6) is 0 Å². The second-order valence-corrected chi connectivity index (χ2v) is 7.31. The highest BCUT2D eigenvalue weighted by atomic mass is 127. The van der Waals surface area contributed by atoms with Gasteiger partial charge in [-0.2, -0.15) is 11.8 Å². The summed E-state index contributed by atoms with van der Waals surface area (Å²) in [5.74, 6) is 1.72. The molecule has 1 fully saturated rings. The molecule has 1 saturated heterocycles. The summed E-state index contributed by atoms with van der Waals surface area (Å²) in [5, 5.41) is 4.01. The number of nitrogens with one attached hydrogen (secondary N) is 1. The fourth-order valence-corrected chi connectivity index (χ4v) is 3.03. The Labute approximate surface area is 161 Å². The standard InChI is InChI=1S/C16H29N5S.HI/c1-5-18-16(19-10-14(3)22-4)20-8-6-13(2)15(11-20)21-9-7-17-12-21;/h7,9,12-15H,5-6,8,10-11H2,1-4H3,(H,18,19);1H. The minimum absolute atomic E-state index is 0. The molecule has 0 aliphatic carbocycles. The van der Waals surface area contributed by atoms with Gasteiger partial charge in [-0.3, -0.25) is 4.99 Å². The lowest BCUT2D eigenvalue weighted by Crippen LogP contribution is -2.49. The smallest absolute Gasteiger partial charge is 0.194 e. The molecule has 1 aromatic rings. The molecule has 1 aliphatic heterocycles. The van der Waals surface area contributed by atoms with Gasteiger partial charge < -0.3 is 14.8 Å². The monoisotopic (exact) mass is 451 g/mol. The largest absolute Gasteiger partial charge is 0.357 e. The van der Waals surface area contributed by atoms with Crippen molar-refractivity contribution in [3.05, 3.63) is 18.7 Å². The van der Waals surface area contributed by atoms with Crippen LogP contribution in [0, 0.1) is 5.92 Å². The van der Waals surface area contributed by atoms with Crippen molar-refractivity contribution >= 4 is 41.7 Å². The van der Waals surface area contributed by atoms with E-state index in [4.69, 9.17) is 4.99 Å². The molecular weight excluding hydrogens is 421 g/mol. The molecule has 0 amide bonds. The maximum absolute atomic E-state index is 4.83. The third-order valence-electron chi connectivity index (χ3n) is 4.36. The van der Waals surface area contributed by atoms with Gasteiger partial charge in [0.1, 0.15) is 0 Å². The maximum Gasteiger partial charge on any atom is 0.194 e. The number of imidazole rings is 1. The molecule has 2 heterocycles. The van der Waals surface area contributed by atoms with E-state index >= 15 is 0 Å². The molecule has 2 rings (SSSR count). The predicted molar refractivity (Wildman–Crippen MR) is 111 cm³/mol. The number of likely N-dealkylation sites (tertiary alicyclic amines) is 1. The van der Waals surface area contributed by atoms with Crippen LogP contribution in [0.2, 0.25) is 0 Å². The number of hydrogen-bond donors (Lipinski definition) is 1. The van der Waals surface area contributed by atoms with Gasteiger partial charge >= 0.3 is 0 Å². The Morgan fingerprint density at radius 1 is 1.52 bits per heavy atom. The normalized spacial score (nSPS) is 23.3. The first-order valence-corrected chi connectivity index (χ1v) is 9.48. The first-order chi connectivity index (χ1) is 10.7. The molecule has 0 radical (unpaired) electrons. The van der Waals surface area contributed by atoms with Crippen molar-refractivity contribution in [2.75, 3.05) is 32.4 Å². The number of halogens is 1. The zero-order valence-corrected chi connectivity index (χ0v) is 17.8. The lowest BCUT2D eigenvalue weighted by Gasteiger charge is -2.39. The number of nitrogens with zero attached hydrogens (tertiary/aromatic N) is 4. The highest BCUT2D eigenvalue weighted by Crippen LogP contribution is 2.27. The van der Waals surface area contributed by atoms with Crippen LogP contribution < -0.4 is 5.32 Å². The Kier molecular flexibility index (Phi) is 9.34. The van der Waals surface area contributed by atoms with Gasteiger partial charge in [-0.05, 0) is 25.5 Å². The molecule has 0 spiro atoms. The molecular formula is C16H30IN5S. The molecule has 132 valence electrons. The predicted octanol–water partition coefficient (Wildman–Crippen LogP) is 3.10. The second kappa shape index (κ2) is 10.4. The fraction of sp³-hybridized carbons (Fsp3) is 0.750. The van der Waals surface area contributed by atoms with Crippen molar-refractivity contribution in [1.82, 2.24) is 19.8 Å². The van der Waals surface area contributed by atoms with Gasteiger partial charge in [0, 0.05) is 37.3 Å². The highest BCUT2D eigenvalue weighted by molar-refractivity contribution is 14.0. The quantitative estimate of drug-likeness (QED) is 0.425. The Morgan fingerprint density at radius 3 is 2.91 bits per heavy atom. The van der Waals surface area contributed by atoms with E-state index in [9.17, 15) is 0 Å². The summed E-state index contributed by atoms with van der Waals surface area (Å²) in [6.07, 6.45) is 9.20.